The number of carbonyl (C=O) groups excluding carboxylic acids is 1. The Bertz CT molecular complexity index is 891. The molecule has 3 rings (SSSR count). The van der Waals surface area contributed by atoms with Gasteiger partial charge in [-0.3, -0.25) is 9.78 Å². The summed E-state index contributed by atoms with van der Waals surface area (Å²) in [4.78, 5) is 19.3. The van der Waals surface area contributed by atoms with E-state index >= 15 is 0 Å². The Hall–Kier alpha value is -2.48. The quantitative estimate of drug-likeness (QED) is 0.758. The summed E-state index contributed by atoms with van der Waals surface area (Å²) in [6, 6.07) is 9.32. The van der Waals surface area contributed by atoms with Crippen LogP contribution < -0.4 is 5.32 Å². The molecule has 0 radical (unpaired) electrons. The smallest absolute Gasteiger partial charge is 0.301 e. The lowest BCUT2D eigenvalue weighted by Gasteiger charge is -2.11. The van der Waals surface area contributed by atoms with Crippen LogP contribution in [0.5, 0.6) is 0 Å². The van der Waals surface area contributed by atoms with E-state index in [2.05, 4.69) is 15.3 Å². The summed E-state index contributed by atoms with van der Waals surface area (Å²) in [5.41, 5.74) is 1.49. The highest BCUT2D eigenvalue weighted by Gasteiger charge is 2.33. The van der Waals surface area contributed by atoms with Gasteiger partial charge in [-0.05, 0) is 24.6 Å². The van der Waals surface area contributed by atoms with Gasteiger partial charge in [0.25, 0.3) is 0 Å². The Morgan fingerprint density at radius 1 is 1.21 bits per heavy atom. The summed E-state index contributed by atoms with van der Waals surface area (Å²) >= 11 is 0.400. The molecule has 2 heterocycles. The molecule has 124 valence electrons. The van der Waals surface area contributed by atoms with E-state index in [0.717, 1.165) is 10.9 Å². The van der Waals surface area contributed by atoms with Gasteiger partial charge in [0, 0.05) is 11.6 Å². The third-order valence-corrected chi connectivity index (χ3v) is 4.48. The third kappa shape index (κ3) is 3.38. The van der Waals surface area contributed by atoms with Gasteiger partial charge in [-0.1, -0.05) is 29.5 Å². The molecule has 3 aromatic rings. The molecule has 0 bridgehead atoms. The number of aromatic nitrogens is 2. The molecule has 0 saturated heterocycles. The summed E-state index contributed by atoms with van der Waals surface area (Å²) < 4.78 is 37.7. The lowest BCUT2D eigenvalue weighted by Crippen LogP contribution is -2.18. The minimum atomic E-state index is -4.46. The van der Waals surface area contributed by atoms with Crippen LogP contribution >= 0.6 is 11.3 Å². The van der Waals surface area contributed by atoms with Crippen molar-refractivity contribution in [2.45, 2.75) is 19.0 Å². The zero-order chi connectivity index (χ0) is 17.3. The fourth-order valence-corrected chi connectivity index (χ4v) is 2.84. The number of alkyl halides is 3. The van der Waals surface area contributed by atoms with E-state index in [1.165, 1.54) is 0 Å². The maximum Gasteiger partial charge on any atom is 0.427 e. The van der Waals surface area contributed by atoms with Gasteiger partial charge in [0.15, 0.2) is 5.13 Å². The number of rotatable bonds is 3. The van der Waals surface area contributed by atoms with E-state index in [4.69, 9.17) is 0 Å². The van der Waals surface area contributed by atoms with Gasteiger partial charge in [-0.15, -0.1) is 0 Å². The largest absolute Gasteiger partial charge is 0.427 e. The average molecular weight is 351 g/mol. The van der Waals surface area contributed by atoms with E-state index in [0.29, 0.717) is 23.1 Å². The Morgan fingerprint density at radius 2 is 1.96 bits per heavy atom. The Kier molecular flexibility index (Phi) is 4.23. The van der Waals surface area contributed by atoms with Crippen molar-refractivity contribution in [3.63, 3.8) is 0 Å². The molecule has 1 amide bonds. The van der Waals surface area contributed by atoms with Gasteiger partial charge in [0.1, 0.15) is 4.88 Å². The van der Waals surface area contributed by atoms with Crippen molar-refractivity contribution in [3.8, 4) is 0 Å². The number of pyridine rings is 1. The van der Waals surface area contributed by atoms with Crippen molar-refractivity contribution in [3.05, 3.63) is 53.2 Å². The number of fused-ring (bicyclic) bond motifs is 1. The number of carbonyl (C=O) groups is 1. The van der Waals surface area contributed by atoms with Crippen molar-refractivity contribution < 1.29 is 18.0 Å². The number of para-hydroxylation sites is 1. The minimum Gasteiger partial charge on any atom is -0.301 e. The second kappa shape index (κ2) is 6.20. The molecule has 0 aliphatic heterocycles. The summed E-state index contributed by atoms with van der Waals surface area (Å²) in [6.07, 6.45) is -2.16. The molecule has 0 aliphatic carbocycles. The Morgan fingerprint density at radius 3 is 2.67 bits per heavy atom. The average Bonchev–Trinajstić information content (AvgIpc) is 3.02. The first-order valence-corrected chi connectivity index (χ1v) is 7.85. The molecule has 1 N–H and O–H groups in total. The van der Waals surface area contributed by atoms with Crippen LogP contribution in [0.1, 0.15) is 23.3 Å². The molecule has 24 heavy (non-hydrogen) atoms. The minimum absolute atomic E-state index is 0.0760. The monoisotopic (exact) mass is 351 g/mol. The fraction of sp³-hybridized carbons (Fsp3) is 0.188. The van der Waals surface area contributed by atoms with Gasteiger partial charge >= 0.3 is 6.18 Å². The highest BCUT2D eigenvalue weighted by atomic mass is 32.1. The Balaban J connectivity index is 1.77. The first-order valence-electron chi connectivity index (χ1n) is 7.03. The summed E-state index contributed by atoms with van der Waals surface area (Å²) in [7, 11) is 0. The summed E-state index contributed by atoms with van der Waals surface area (Å²) in [6.45, 7) is 1.67. The van der Waals surface area contributed by atoms with Crippen molar-refractivity contribution in [2.75, 3.05) is 5.32 Å². The fourth-order valence-electron chi connectivity index (χ4n) is 2.15. The molecule has 0 spiro atoms. The molecule has 1 atom stereocenters. The molecule has 8 heteroatoms. The van der Waals surface area contributed by atoms with E-state index < -0.39 is 22.9 Å². The number of halogens is 3. The van der Waals surface area contributed by atoms with Gasteiger partial charge in [0.2, 0.25) is 5.91 Å². The van der Waals surface area contributed by atoms with Gasteiger partial charge in [0.05, 0.1) is 17.6 Å². The van der Waals surface area contributed by atoms with Crippen LogP contribution in [0.3, 0.4) is 0 Å². The Labute approximate surface area is 139 Å². The zero-order valence-corrected chi connectivity index (χ0v) is 13.3. The number of hydrogen-bond acceptors (Lipinski definition) is 4. The van der Waals surface area contributed by atoms with Crippen molar-refractivity contribution in [1.82, 2.24) is 9.97 Å². The van der Waals surface area contributed by atoms with E-state index in [1.54, 1.807) is 13.1 Å². The van der Waals surface area contributed by atoms with E-state index in [9.17, 15) is 18.0 Å². The van der Waals surface area contributed by atoms with Crippen LogP contribution in [-0.4, -0.2) is 15.9 Å². The van der Waals surface area contributed by atoms with E-state index in [1.807, 2.05) is 30.3 Å². The van der Waals surface area contributed by atoms with Crippen LogP contribution in [0.25, 0.3) is 10.9 Å². The second-order valence-corrected chi connectivity index (χ2v) is 6.23. The van der Waals surface area contributed by atoms with Crippen molar-refractivity contribution >= 4 is 33.3 Å². The van der Waals surface area contributed by atoms with E-state index in [-0.39, 0.29) is 5.13 Å². The normalized spacial score (nSPS) is 13.0. The number of nitrogens with one attached hydrogen (secondary N) is 1. The summed E-state index contributed by atoms with van der Waals surface area (Å²) in [5, 5.41) is 3.24. The standard InChI is InChI=1S/C16H12F3N3OS/c1-9(11-6-10-4-2-3-5-12(10)20-7-11)14(23)22-15-21-8-13(24-15)16(17,18)19/h2-9H,1H3,(H,21,22,23). The van der Waals surface area contributed by atoms with Crippen molar-refractivity contribution in [2.24, 2.45) is 0 Å². The predicted octanol–water partition coefficient (Wildman–Crippen LogP) is 4.45. The predicted molar refractivity (Wildman–Crippen MR) is 85.9 cm³/mol. The molecule has 4 nitrogen and oxygen atoms in total. The first kappa shape index (κ1) is 16.4. The number of amides is 1. The molecule has 1 aromatic carbocycles. The molecular weight excluding hydrogens is 339 g/mol. The van der Waals surface area contributed by atoms with Crippen LogP contribution in [0.15, 0.2) is 42.7 Å². The molecule has 0 fully saturated rings. The first-order chi connectivity index (χ1) is 11.3. The highest BCUT2D eigenvalue weighted by Crippen LogP contribution is 2.35. The maximum atomic E-state index is 12.6. The summed E-state index contributed by atoms with van der Waals surface area (Å²) in [5.74, 6) is -1.00. The lowest BCUT2D eigenvalue weighted by atomic mass is 10.0. The second-order valence-electron chi connectivity index (χ2n) is 5.20. The van der Waals surface area contributed by atoms with Gasteiger partial charge in [-0.2, -0.15) is 13.2 Å². The molecule has 0 saturated carbocycles. The van der Waals surface area contributed by atoms with Gasteiger partial charge < -0.3 is 5.32 Å². The number of hydrogen-bond donors (Lipinski definition) is 1. The van der Waals surface area contributed by atoms with Crippen LogP contribution in [0.2, 0.25) is 0 Å². The lowest BCUT2D eigenvalue weighted by molar-refractivity contribution is -0.134. The number of benzene rings is 1. The third-order valence-electron chi connectivity index (χ3n) is 3.52. The number of thiazole rings is 1. The van der Waals surface area contributed by atoms with Crippen LogP contribution in [0, 0.1) is 0 Å². The molecule has 2 aromatic heterocycles. The van der Waals surface area contributed by atoms with Crippen LogP contribution in [-0.2, 0) is 11.0 Å². The number of anilines is 1. The van der Waals surface area contributed by atoms with Crippen molar-refractivity contribution in [1.29, 1.82) is 0 Å². The molecule has 0 aliphatic rings. The highest BCUT2D eigenvalue weighted by molar-refractivity contribution is 7.15. The maximum absolute atomic E-state index is 12.6. The number of nitrogens with zero attached hydrogens (tertiary/aromatic N) is 2. The molecule has 1 unspecified atom stereocenters. The van der Waals surface area contributed by atoms with Crippen LogP contribution in [0.4, 0.5) is 18.3 Å². The molecular formula is C16H12F3N3OS. The van der Waals surface area contributed by atoms with Gasteiger partial charge in [-0.25, -0.2) is 4.98 Å². The zero-order valence-electron chi connectivity index (χ0n) is 12.5. The SMILES string of the molecule is CC(C(=O)Nc1ncc(C(F)(F)F)s1)c1cnc2ccccc2c1. The topological polar surface area (TPSA) is 54.9 Å².